The standard InChI is InChI=1S/C19H24N2OS/c22-18(16-8-3-1-4-9-16)15-20-14-17(19-10-7-13-23-19)21-11-5-2-6-12-21/h1,3-4,7-10,13,17,20H,2,5-6,11-12,14-15H2. The van der Waals surface area contributed by atoms with Crippen molar-refractivity contribution in [2.75, 3.05) is 26.2 Å². The maximum atomic E-state index is 12.2. The molecule has 1 aromatic carbocycles. The van der Waals surface area contributed by atoms with Crippen molar-refractivity contribution < 1.29 is 4.79 Å². The minimum atomic E-state index is 0.161. The lowest BCUT2D eigenvalue weighted by Gasteiger charge is -2.34. The SMILES string of the molecule is O=C(CNCC(c1cccs1)N1CCCCC1)c1ccccc1. The van der Waals surface area contributed by atoms with E-state index in [9.17, 15) is 4.79 Å². The summed E-state index contributed by atoms with van der Waals surface area (Å²) in [6.45, 7) is 3.56. The number of ketones is 1. The predicted octanol–water partition coefficient (Wildman–Crippen LogP) is 3.75. The first kappa shape index (κ1) is 16.4. The molecule has 3 rings (SSSR count). The molecular weight excluding hydrogens is 304 g/mol. The van der Waals surface area contributed by atoms with Crippen molar-refractivity contribution in [1.29, 1.82) is 0 Å². The third-order valence-electron chi connectivity index (χ3n) is 4.42. The van der Waals surface area contributed by atoms with Crippen molar-refractivity contribution in [1.82, 2.24) is 10.2 Å². The van der Waals surface area contributed by atoms with Gasteiger partial charge in [-0.2, -0.15) is 0 Å². The lowest BCUT2D eigenvalue weighted by Crippen LogP contribution is -2.39. The molecule has 4 heteroatoms. The molecule has 3 nitrogen and oxygen atoms in total. The number of nitrogens with one attached hydrogen (secondary N) is 1. The molecule has 0 saturated carbocycles. The van der Waals surface area contributed by atoms with E-state index in [2.05, 4.69) is 27.7 Å². The first-order chi connectivity index (χ1) is 11.3. The second-order valence-electron chi connectivity index (χ2n) is 6.05. The van der Waals surface area contributed by atoms with Crippen LogP contribution in [0, 0.1) is 0 Å². The van der Waals surface area contributed by atoms with Gasteiger partial charge in [-0.1, -0.05) is 42.8 Å². The smallest absolute Gasteiger partial charge is 0.176 e. The molecule has 2 heterocycles. The second kappa shape index (κ2) is 8.39. The van der Waals surface area contributed by atoms with E-state index in [-0.39, 0.29) is 5.78 Å². The Morgan fingerprint density at radius 1 is 1.09 bits per heavy atom. The van der Waals surface area contributed by atoms with Crippen molar-refractivity contribution in [2.45, 2.75) is 25.3 Å². The molecule has 2 aromatic rings. The van der Waals surface area contributed by atoms with Gasteiger partial charge in [0.05, 0.1) is 12.6 Å². The van der Waals surface area contributed by atoms with Gasteiger partial charge in [0.2, 0.25) is 0 Å². The van der Waals surface area contributed by atoms with Crippen LogP contribution in [0.5, 0.6) is 0 Å². The third-order valence-corrected chi connectivity index (χ3v) is 5.40. The Morgan fingerprint density at radius 3 is 2.57 bits per heavy atom. The molecule has 0 aliphatic carbocycles. The van der Waals surface area contributed by atoms with Gasteiger partial charge in [0.15, 0.2) is 5.78 Å². The highest BCUT2D eigenvalue weighted by Gasteiger charge is 2.22. The van der Waals surface area contributed by atoms with E-state index in [0.29, 0.717) is 12.6 Å². The molecule has 1 unspecified atom stereocenters. The van der Waals surface area contributed by atoms with Gasteiger partial charge < -0.3 is 5.32 Å². The zero-order valence-electron chi connectivity index (χ0n) is 13.4. The summed E-state index contributed by atoms with van der Waals surface area (Å²) in [5, 5.41) is 5.53. The van der Waals surface area contributed by atoms with Crippen LogP contribution in [0.15, 0.2) is 47.8 Å². The fourth-order valence-corrected chi connectivity index (χ4v) is 4.03. The summed E-state index contributed by atoms with van der Waals surface area (Å²) in [5.41, 5.74) is 0.783. The molecule has 1 fully saturated rings. The van der Waals surface area contributed by atoms with E-state index in [0.717, 1.165) is 25.2 Å². The number of Topliss-reactive ketones (excluding diaryl/α,β-unsaturated/α-hetero) is 1. The summed E-state index contributed by atoms with van der Waals surface area (Å²) in [4.78, 5) is 16.2. The quantitative estimate of drug-likeness (QED) is 0.786. The molecule has 1 N–H and O–H groups in total. The van der Waals surface area contributed by atoms with Crippen LogP contribution < -0.4 is 5.32 Å². The van der Waals surface area contributed by atoms with E-state index >= 15 is 0 Å². The number of piperidine rings is 1. The lowest BCUT2D eigenvalue weighted by molar-refractivity contribution is 0.0984. The number of benzene rings is 1. The minimum Gasteiger partial charge on any atom is -0.308 e. The molecule has 0 bridgehead atoms. The van der Waals surface area contributed by atoms with Gasteiger partial charge in [-0.3, -0.25) is 9.69 Å². The summed E-state index contributed by atoms with van der Waals surface area (Å²) in [6, 6.07) is 14.2. The largest absolute Gasteiger partial charge is 0.308 e. The lowest BCUT2D eigenvalue weighted by atomic mass is 10.1. The minimum absolute atomic E-state index is 0.161. The zero-order chi connectivity index (χ0) is 15.9. The number of carbonyl (C=O) groups excluding carboxylic acids is 1. The third kappa shape index (κ3) is 4.50. The Balaban J connectivity index is 1.57. The van der Waals surface area contributed by atoms with Crippen molar-refractivity contribution in [3.8, 4) is 0 Å². The van der Waals surface area contributed by atoms with E-state index in [1.54, 1.807) is 0 Å². The molecule has 122 valence electrons. The number of nitrogens with zero attached hydrogens (tertiary/aromatic N) is 1. The molecule has 0 spiro atoms. The zero-order valence-corrected chi connectivity index (χ0v) is 14.2. The van der Waals surface area contributed by atoms with Gasteiger partial charge in [0, 0.05) is 17.0 Å². The monoisotopic (exact) mass is 328 g/mol. The van der Waals surface area contributed by atoms with Crippen LogP contribution in [-0.4, -0.2) is 36.9 Å². The van der Waals surface area contributed by atoms with Crippen molar-refractivity contribution in [2.24, 2.45) is 0 Å². The molecule has 0 radical (unpaired) electrons. The molecule has 23 heavy (non-hydrogen) atoms. The Bertz CT molecular complexity index is 591. The van der Waals surface area contributed by atoms with E-state index in [4.69, 9.17) is 0 Å². The fraction of sp³-hybridized carbons (Fsp3) is 0.421. The fourth-order valence-electron chi connectivity index (χ4n) is 3.17. The van der Waals surface area contributed by atoms with Crippen LogP contribution in [0.1, 0.15) is 40.5 Å². The van der Waals surface area contributed by atoms with Crippen LogP contribution in [-0.2, 0) is 0 Å². The summed E-state index contributed by atoms with van der Waals surface area (Å²) in [5.74, 6) is 0.161. The molecule has 1 saturated heterocycles. The Hall–Kier alpha value is -1.49. The van der Waals surface area contributed by atoms with Gasteiger partial charge >= 0.3 is 0 Å². The maximum Gasteiger partial charge on any atom is 0.176 e. The Kier molecular flexibility index (Phi) is 5.97. The summed E-state index contributed by atoms with van der Waals surface area (Å²) in [7, 11) is 0. The van der Waals surface area contributed by atoms with Crippen LogP contribution in [0.4, 0.5) is 0 Å². The average molecular weight is 328 g/mol. The molecule has 1 aliphatic heterocycles. The van der Waals surface area contributed by atoms with E-state index in [1.165, 1.54) is 24.1 Å². The Labute approximate surface area is 142 Å². The topological polar surface area (TPSA) is 32.3 Å². The normalized spacial score (nSPS) is 17.0. The number of likely N-dealkylation sites (tertiary alicyclic amines) is 1. The number of hydrogen-bond acceptors (Lipinski definition) is 4. The van der Waals surface area contributed by atoms with Crippen LogP contribution in [0.25, 0.3) is 0 Å². The number of carbonyl (C=O) groups is 1. The molecule has 0 amide bonds. The molecule has 1 atom stereocenters. The van der Waals surface area contributed by atoms with Crippen LogP contribution in [0.3, 0.4) is 0 Å². The van der Waals surface area contributed by atoms with E-state index in [1.807, 2.05) is 41.7 Å². The highest BCUT2D eigenvalue weighted by Crippen LogP contribution is 2.27. The van der Waals surface area contributed by atoms with Crippen molar-refractivity contribution in [3.05, 3.63) is 58.3 Å². The highest BCUT2D eigenvalue weighted by atomic mass is 32.1. The van der Waals surface area contributed by atoms with Crippen LogP contribution >= 0.6 is 11.3 Å². The predicted molar refractivity (Wildman–Crippen MR) is 96.1 cm³/mol. The molecular formula is C19H24N2OS. The van der Waals surface area contributed by atoms with Gasteiger partial charge in [-0.25, -0.2) is 0 Å². The summed E-state index contributed by atoms with van der Waals surface area (Å²) >= 11 is 1.81. The number of thiophene rings is 1. The number of hydrogen-bond donors (Lipinski definition) is 1. The molecule has 1 aromatic heterocycles. The van der Waals surface area contributed by atoms with Gasteiger partial charge in [-0.05, 0) is 37.4 Å². The van der Waals surface area contributed by atoms with Gasteiger partial charge in [0.25, 0.3) is 0 Å². The number of rotatable bonds is 7. The van der Waals surface area contributed by atoms with Crippen LogP contribution in [0.2, 0.25) is 0 Å². The van der Waals surface area contributed by atoms with Gasteiger partial charge in [-0.15, -0.1) is 11.3 Å². The first-order valence-corrected chi connectivity index (χ1v) is 9.29. The average Bonchev–Trinajstić information content (AvgIpc) is 3.14. The molecule has 1 aliphatic rings. The van der Waals surface area contributed by atoms with Gasteiger partial charge in [0.1, 0.15) is 0 Å². The summed E-state index contributed by atoms with van der Waals surface area (Å²) < 4.78 is 0. The maximum absolute atomic E-state index is 12.2. The van der Waals surface area contributed by atoms with Crippen molar-refractivity contribution in [3.63, 3.8) is 0 Å². The highest BCUT2D eigenvalue weighted by molar-refractivity contribution is 7.10. The Morgan fingerprint density at radius 2 is 1.87 bits per heavy atom. The second-order valence-corrected chi connectivity index (χ2v) is 7.03. The first-order valence-electron chi connectivity index (χ1n) is 8.41. The summed E-state index contributed by atoms with van der Waals surface area (Å²) in [6.07, 6.45) is 3.91. The van der Waals surface area contributed by atoms with E-state index < -0.39 is 0 Å². The van der Waals surface area contributed by atoms with Crippen molar-refractivity contribution >= 4 is 17.1 Å².